The quantitative estimate of drug-likeness (QED) is 0.679. The molecule has 0 atom stereocenters. The molecule has 0 saturated heterocycles. The number of hydrogen-bond donors (Lipinski definition) is 1. The van der Waals surface area contributed by atoms with Crippen molar-refractivity contribution in [2.75, 3.05) is 11.9 Å². The molecule has 98 valence electrons. The van der Waals surface area contributed by atoms with E-state index in [-0.39, 0.29) is 5.69 Å². The maximum atomic E-state index is 10.6. The van der Waals surface area contributed by atoms with Gasteiger partial charge in [0.15, 0.2) is 0 Å². The Balaban J connectivity index is 2.03. The highest BCUT2D eigenvalue weighted by molar-refractivity contribution is 9.10. The second kappa shape index (κ2) is 5.22. The van der Waals surface area contributed by atoms with Crippen LogP contribution in [-0.4, -0.2) is 16.5 Å². The van der Waals surface area contributed by atoms with Crippen molar-refractivity contribution in [1.82, 2.24) is 4.98 Å². The van der Waals surface area contributed by atoms with Gasteiger partial charge in [0, 0.05) is 12.6 Å². The van der Waals surface area contributed by atoms with Gasteiger partial charge in [-0.25, -0.2) is 4.98 Å². The van der Waals surface area contributed by atoms with Crippen molar-refractivity contribution in [1.29, 1.82) is 0 Å². The Hall–Kier alpha value is -1.17. The minimum absolute atomic E-state index is 0.000460. The van der Waals surface area contributed by atoms with Gasteiger partial charge in [-0.2, -0.15) is 0 Å². The summed E-state index contributed by atoms with van der Waals surface area (Å²) in [5.41, 5.74) is 0.322. The zero-order valence-corrected chi connectivity index (χ0v) is 11.9. The molecule has 0 spiro atoms. The highest BCUT2D eigenvalue weighted by Crippen LogP contribution is 2.37. The van der Waals surface area contributed by atoms with Gasteiger partial charge in [0.1, 0.15) is 12.0 Å². The molecule has 1 saturated carbocycles. The molecule has 0 aromatic carbocycles. The van der Waals surface area contributed by atoms with Crippen LogP contribution in [0.15, 0.2) is 16.7 Å². The van der Waals surface area contributed by atoms with E-state index in [0.29, 0.717) is 15.7 Å². The summed E-state index contributed by atoms with van der Waals surface area (Å²) in [5, 5.41) is 13.9. The average Bonchev–Trinajstić information content (AvgIpc) is 2.75. The second-order valence-corrected chi connectivity index (χ2v) is 6.01. The molecule has 1 N–H and O–H groups in total. The Bertz CT molecular complexity index is 459. The largest absolute Gasteiger partial charge is 0.369 e. The summed E-state index contributed by atoms with van der Waals surface area (Å²) in [7, 11) is 0. The minimum Gasteiger partial charge on any atom is -0.369 e. The number of nitro groups is 1. The number of halogens is 1. The molecule has 1 aromatic rings. The van der Waals surface area contributed by atoms with Gasteiger partial charge in [0.2, 0.25) is 0 Å². The van der Waals surface area contributed by atoms with Crippen molar-refractivity contribution >= 4 is 27.4 Å². The van der Waals surface area contributed by atoms with Gasteiger partial charge in [-0.3, -0.25) is 10.1 Å². The van der Waals surface area contributed by atoms with E-state index in [1.54, 1.807) is 0 Å². The van der Waals surface area contributed by atoms with Gasteiger partial charge in [0.25, 0.3) is 5.69 Å². The van der Waals surface area contributed by atoms with Crippen LogP contribution < -0.4 is 5.32 Å². The van der Waals surface area contributed by atoms with Crippen molar-refractivity contribution in [2.45, 2.75) is 32.6 Å². The zero-order valence-electron chi connectivity index (χ0n) is 10.3. The summed E-state index contributed by atoms with van der Waals surface area (Å²) < 4.78 is 0.637. The number of nitrogens with one attached hydrogen (secondary N) is 1. The first-order valence-electron chi connectivity index (χ1n) is 6.04. The lowest BCUT2D eigenvalue weighted by atomic mass is 9.89. The highest BCUT2D eigenvalue weighted by Gasteiger charge is 2.28. The molecule has 1 fully saturated rings. The summed E-state index contributed by atoms with van der Waals surface area (Å²) in [6.45, 7) is 3.13. The predicted molar refractivity (Wildman–Crippen MR) is 73.7 cm³/mol. The minimum atomic E-state index is -0.445. The smallest absolute Gasteiger partial charge is 0.288 e. The molecule has 0 aliphatic heterocycles. The van der Waals surface area contributed by atoms with Crippen LogP contribution in [0.5, 0.6) is 0 Å². The maximum Gasteiger partial charge on any atom is 0.288 e. The van der Waals surface area contributed by atoms with E-state index >= 15 is 0 Å². The topological polar surface area (TPSA) is 68.1 Å². The second-order valence-electron chi connectivity index (χ2n) is 5.15. The van der Waals surface area contributed by atoms with Gasteiger partial charge >= 0.3 is 0 Å². The molecule has 5 nitrogen and oxygen atoms in total. The third-order valence-electron chi connectivity index (χ3n) is 3.53. The Kier molecular flexibility index (Phi) is 3.85. The van der Waals surface area contributed by atoms with Crippen LogP contribution in [-0.2, 0) is 0 Å². The Morgan fingerprint density at radius 1 is 1.56 bits per heavy atom. The molecule has 1 aromatic heterocycles. The fraction of sp³-hybridized carbons (Fsp3) is 0.583. The fourth-order valence-electron chi connectivity index (χ4n) is 2.36. The van der Waals surface area contributed by atoms with Crippen molar-refractivity contribution < 1.29 is 4.92 Å². The van der Waals surface area contributed by atoms with Gasteiger partial charge in [0.05, 0.1) is 9.40 Å². The van der Waals surface area contributed by atoms with E-state index in [0.717, 1.165) is 6.54 Å². The van der Waals surface area contributed by atoms with Crippen molar-refractivity contribution in [3.63, 3.8) is 0 Å². The van der Waals surface area contributed by atoms with E-state index in [1.807, 2.05) is 0 Å². The van der Waals surface area contributed by atoms with Gasteiger partial charge in [-0.15, -0.1) is 0 Å². The normalized spacial score (nSPS) is 17.7. The van der Waals surface area contributed by atoms with Crippen LogP contribution in [0.2, 0.25) is 0 Å². The number of anilines is 1. The lowest BCUT2D eigenvalue weighted by Gasteiger charge is -2.24. The molecule has 0 unspecified atom stereocenters. The summed E-state index contributed by atoms with van der Waals surface area (Å²) in [6.07, 6.45) is 6.30. The van der Waals surface area contributed by atoms with Crippen molar-refractivity contribution in [3.05, 3.63) is 26.9 Å². The molecule has 6 heteroatoms. The first-order chi connectivity index (χ1) is 8.50. The molecule has 0 bridgehead atoms. The summed E-state index contributed by atoms with van der Waals surface area (Å²) in [4.78, 5) is 14.3. The van der Waals surface area contributed by atoms with Crippen LogP contribution in [0.4, 0.5) is 11.5 Å². The highest BCUT2D eigenvalue weighted by atomic mass is 79.9. The van der Waals surface area contributed by atoms with E-state index in [2.05, 4.69) is 33.2 Å². The molecule has 2 rings (SSSR count). The maximum absolute atomic E-state index is 10.6. The molecular formula is C12H16BrN3O2. The molecule has 1 heterocycles. The standard InChI is InChI=1S/C12H16BrN3O2/c1-12(4-2-3-5-12)8-15-11-10(13)6-9(7-14-11)16(17)18/h6-7H,2-5,8H2,1H3,(H,14,15). The van der Waals surface area contributed by atoms with Crippen LogP contribution in [0.25, 0.3) is 0 Å². The van der Waals surface area contributed by atoms with E-state index < -0.39 is 4.92 Å². The number of pyridine rings is 1. The Morgan fingerprint density at radius 2 is 2.22 bits per heavy atom. The van der Waals surface area contributed by atoms with E-state index in [4.69, 9.17) is 0 Å². The summed E-state index contributed by atoms with van der Waals surface area (Å²) in [5.74, 6) is 0.675. The number of aromatic nitrogens is 1. The molecular weight excluding hydrogens is 298 g/mol. The van der Waals surface area contributed by atoms with Crippen LogP contribution in [0.1, 0.15) is 32.6 Å². The molecule has 0 amide bonds. The predicted octanol–water partition coefficient (Wildman–Crippen LogP) is 3.74. The Morgan fingerprint density at radius 3 is 2.78 bits per heavy atom. The molecule has 1 aliphatic rings. The Labute approximate surface area is 114 Å². The molecule has 1 aliphatic carbocycles. The number of rotatable bonds is 4. The number of hydrogen-bond acceptors (Lipinski definition) is 4. The molecule has 0 radical (unpaired) electrons. The first kappa shape index (κ1) is 13.3. The van der Waals surface area contributed by atoms with Crippen LogP contribution in [0.3, 0.4) is 0 Å². The van der Waals surface area contributed by atoms with Crippen LogP contribution in [0, 0.1) is 15.5 Å². The van der Waals surface area contributed by atoms with Gasteiger partial charge in [-0.05, 0) is 34.2 Å². The van der Waals surface area contributed by atoms with Crippen LogP contribution >= 0.6 is 15.9 Å². The fourth-order valence-corrected chi connectivity index (χ4v) is 2.84. The van der Waals surface area contributed by atoms with E-state index in [9.17, 15) is 10.1 Å². The third kappa shape index (κ3) is 2.98. The lowest BCUT2D eigenvalue weighted by Crippen LogP contribution is -2.23. The first-order valence-corrected chi connectivity index (χ1v) is 6.83. The molecule has 18 heavy (non-hydrogen) atoms. The lowest BCUT2D eigenvalue weighted by molar-refractivity contribution is -0.385. The summed E-state index contributed by atoms with van der Waals surface area (Å²) >= 11 is 3.31. The third-order valence-corrected chi connectivity index (χ3v) is 4.14. The van der Waals surface area contributed by atoms with Gasteiger partial charge < -0.3 is 5.32 Å². The SMILES string of the molecule is CC1(CNc2ncc([N+](=O)[O-])cc2Br)CCCC1. The zero-order chi connectivity index (χ0) is 13.2. The monoisotopic (exact) mass is 313 g/mol. The van der Waals surface area contributed by atoms with Crippen molar-refractivity contribution in [3.8, 4) is 0 Å². The number of nitrogens with zero attached hydrogens (tertiary/aromatic N) is 2. The van der Waals surface area contributed by atoms with Gasteiger partial charge in [-0.1, -0.05) is 19.8 Å². The van der Waals surface area contributed by atoms with E-state index in [1.165, 1.54) is 37.9 Å². The summed E-state index contributed by atoms with van der Waals surface area (Å²) in [6, 6.07) is 1.48. The average molecular weight is 314 g/mol. The van der Waals surface area contributed by atoms with Crippen molar-refractivity contribution in [2.24, 2.45) is 5.41 Å².